The Bertz CT molecular complexity index is 893. The van der Waals surface area contributed by atoms with Crippen LogP contribution in [0.4, 0.5) is 11.4 Å². The molecule has 0 spiro atoms. The van der Waals surface area contributed by atoms with Crippen molar-refractivity contribution >= 4 is 92.0 Å². The number of nitrogens with zero attached hydrogens (tertiary/aromatic N) is 1. The van der Waals surface area contributed by atoms with Gasteiger partial charge in [-0.15, -0.1) is 0 Å². The molecule has 1 atom stereocenters. The molecule has 1 unspecified atom stereocenters. The molecule has 1 amide bonds. The maximum absolute atomic E-state index is 12.4. The van der Waals surface area contributed by atoms with E-state index in [1.54, 1.807) is 0 Å². The second kappa shape index (κ2) is 9.88. The SMILES string of the molecule is O=C(NC(NC(=S)Nc1ccc(I)cc1)C(Cl)(Cl)Cl)c1cccc([N+](=O)[O-])c1. The van der Waals surface area contributed by atoms with Gasteiger partial charge in [-0.2, -0.15) is 0 Å². The summed E-state index contributed by atoms with van der Waals surface area (Å²) in [5.41, 5.74) is 0.500. The number of nitrogens with one attached hydrogen (secondary N) is 3. The Morgan fingerprint density at radius 3 is 2.36 bits per heavy atom. The predicted octanol–water partition coefficient (Wildman–Crippen LogP) is 4.61. The van der Waals surface area contributed by atoms with Crippen LogP contribution in [0.5, 0.6) is 0 Å². The number of nitro groups is 1. The number of halogens is 4. The molecule has 0 aromatic heterocycles. The van der Waals surface area contributed by atoms with Gasteiger partial charge in [-0.1, -0.05) is 40.9 Å². The van der Waals surface area contributed by atoms with Gasteiger partial charge in [-0.25, -0.2) is 0 Å². The second-order valence-corrected chi connectivity index (χ2v) is 9.38. The molecular weight excluding hydrogens is 562 g/mol. The highest BCUT2D eigenvalue weighted by Gasteiger charge is 2.35. The molecule has 0 aliphatic heterocycles. The van der Waals surface area contributed by atoms with E-state index < -0.39 is 20.8 Å². The minimum atomic E-state index is -1.95. The second-order valence-electron chi connectivity index (χ2n) is 5.36. The first-order valence-corrected chi connectivity index (χ1v) is 10.1. The Labute approximate surface area is 194 Å². The third kappa shape index (κ3) is 6.89. The Morgan fingerprint density at radius 2 is 1.79 bits per heavy atom. The molecule has 0 heterocycles. The number of nitro benzene ring substituents is 1. The summed E-state index contributed by atoms with van der Waals surface area (Å²) in [4.78, 5) is 22.7. The number of anilines is 1. The molecule has 0 aliphatic carbocycles. The normalized spacial score (nSPS) is 12.0. The summed E-state index contributed by atoms with van der Waals surface area (Å²) in [5, 5.41) is 19.1. The van der Waals surface area contributed by atoms with Gasteiger partial charge in [0.15, 0.2) is 5.11 Å². The maximum Gasteiger partial charge on any atom is 0.270 e. The molecule has 0 radical (unpaired) electrons. The third-order valence-corrected chi connectivity index (χ3v) is 4.89. The van der Waals surface area contributed by atoms with Crippen LogP contribution in [-0.4, -0.2) is 25.9 Å². The van der Waals surface area contributed by atoms with E-state index in [2.05, 4.69) is 38.5 Å². The molecule has 0 aliphatic rings. The highest BCUT2D eigenvalue weighted by atomic mass is 127. The summed E-state index contributed by atoms with van der Waals surface area (Å²) < 4.78 is -0.904. The number of rotatable bonds is 5. The van der Waals surface area contributed by atoms with Crippen LogP contribution < -0.4 is 16.0 Å². The third-order valence-electron chi connectivity index (χ3n) is 3.30. The summed E-state index contributed by atoms with van der Waals surface area (Å²) in [5.74, 6) is -0.676. The minimum absolute atomic E-state index is 0.0340. The predicted molar refractivity (Wildman–Crippen MR) is 123 cm³/mol. The van der Waals surface area contributed by atoms with Gasteiger partial charge >= 0.3 is 0 Å². The molecule has 3 N–H and O–H groups in total. The fraction of sp³-hybridized carbons (Fsp3) is 0.125. The summed E-state index contributed by atoms with van der Waals surface area (Å²) in [6.07, 6.45) is -1.20. The monoisotopic (exact) mass is 572 g/mol. The summed E-state index contributed by atoms with van der Waals surface area (Å²) in [6, 6.07) is 12.5. The van der Waals surface area contributed by atoms with E-state index in [0.29, 0.717) is 5.69 Å². The zero-order valence-corrected chi connectivity index (χ0v) is 19.0. The van der Waals surface area contributed by atoms with Crippen molar-refractivity contribution in [2.24, 2.45) is 0 Å². The Morgan fingerprint density at radius 1 is 1.14 bits per heavy atom. The van der Waals surface area contributed by atoms with Crippen LogP contribution in [-0.2, 0) is 0 Å². The van der Waals surface area contributed by atoms with Gasteiger partial charge in [-0.05, 0) is 65.1 Å². The number of hydrogen-bond donors (Lipinski definition) is 3. The Hall–Kier alpha value is -1.40. The van der Waals surface area contributed by atoms with Crippen molar-refractivity contribution < 1.29 is 9.72 Å². The van der Waals surface area contributed by atoms with Crippen molar-refractivity contribution in [2.75, 3.05) is 5.32 Å². The van der Waals surface area contributed by atoms with Gasteiger partial charge in [-0.3, -0.25) is 14.9 Å². The van der Waals surface area contributed by atoms with Gasteiger partial charge in [0, 0.05) is 27.0 Å². The summed E-state index contributed by atoms with van der Waals surface area (Å²) in [7, 11) is 0. The number of hydrogen-bond acceptors (Lipinski definition) is 4. The van der Waals surface area contributed by atoms with Gasteiger partial charge in [0.2, 0.25) is 3.79 Å². The smallest absolute Gasteiger partial charge is 0.270 e. The molecule has 7 nitrogen and oxygen atoms in total. The quantitative estimate of drug-likeness (QED) is 0.121. The van der Waals surface area contributed by atoms with E-state index in [1.165, 1.54) is 18.2 Å². The number of amides is 1. The molecule has 0 saturated carbocycles. The minimum Gasteiger partial charge on any atom is -0.339 e. The first kappa shape index (κ1) is 22.9. The standard InChI is InChI=1S/C16H12Cl3IN4O3S/c17-16(18,19)14(23-15(28)21-11-6-4-10(20)5-7-11)22-13(25)9-2-1-3-12(8-9)24(26)27/h1-8,14H,(H,22,25)(H2,21,23,28). The molecule has 0 fully saturated rings. The number of benzene rings is 2. The van der Waals surface area contributed by atoms with E-state index in [4.69, 9.17) is 47.0 Å². The maximum atomic E-state index is 12.4. The molecule has 148 valence electrons. The van der Waals surface area contributed by atoms with Gasteiger partial charge in [0.05, 0.1) is 4.92 Å². The zero-order chi connectivity index (χ0) is 20.9. The molecule has 0 bridgehead atoms. The van der Waals surface area contributed by atoms with E-state index in [0.717, 1.165) is 9.64 Å². The molecule has 12 heteroatoms. The topological polar surface area (TPSA) is 96.3 Å². The zero-order valence-electron chi connectivity index (χ0n) is 13.8. The van der Waals surface area contributed by atoms with E-state index in [1.807, 2.05) is 24.3 Å². The number of carbonyl (C=O) groups is 1. The number of non-ortho nitro benzene ring substituents is 1. The highest BCUT2D eigenvalue weighted by molar-refractivity contribution is 14.1. The summed E-state index contributed by atoms with van der Waals surface area (Å²) >= 11 is 25.2. The lowest BCUT2D eigenvalue weighted by Gasteiger charge is -2.27. The van der Waals surface area contributed by atoms with Crippen molar-refractivity contribution in [1.82, 2.24) is 10.6 Å². The van der Waals surface area contributed by atoms with E-state index in [-0.39, 0.29) is 16.4 Å². The van der Waals surface area contributed by atoms with Gasteiger partial charge in [0.1, 0.15) is 6.17 Å². The van der Waals surface area contributed by atoms with Crippen LogP contribution in [0, 0.1) is 13.7 Å². The van der Waals surface area contributed by atoms with Crippen molar-refractivity contribution in [2.45, 2.75) is 9.96 Å². The van der Waals surface area contributed by atoms with Crippen LogP contribution >= 0.6 is 69.6 Å². The first-order valence-electron chi connectivity index (χ1n) is 7.51. The van der Waals surface area contributed by atoms with Crippen LogP contribution in [0.1, 0.15) is 10.4 Å². The van der Waals surface area contributed by atoms with Crippen molar-refractivity contribution in [1.29, 1.82) is 0 Å². The molecule has 2 aromatic carbocycles. The van der Waals surface area contributed by atoms with E-state index >= 15 is 0 Å². The fourth-order valence-electron chi connectivity index (χ4n) is 2.01. The molecule has 2 aromatic rings. The first-order chi connectivity index (χ1) is 13.1. The van der Waals surface area contributed by atoms with Gasteiger partial charge in [0.25, 0.3) is 11.6 Å². The Balaban J connectivity index is 2.10. The van der Waals surface area contributed by atoms with Crippen LogP contribution in [0.25, 0.3) is 0 Å². The lowest BCUT2D eigenvalue weighted by molar-refractivity contribution is -0.384. The van der Waals surface area contributed by atoms with Gasteiger partial charge < -0.3 is 16.0 Å². The highest BCUT2D eigenvalue weighted by Crippen LogP contribution is 2.29. The average molecular weight is 574 g/mol. The number of alkyl halides is 3. The lowest BCUT2D eigenvalue weighted by Crippen LogP contribution is -2.56. The fourth-order valence-corrected chi connectivity index (χ4v) is 2.93. The van der Waals surface area contributed by atoms with Crippen molar-refractivity contribution in [3.63, 3.8) is 0 Å². The molecule has 28 heavy (non-hydrogen) atoms. The van der Waals surface area contributed by atoms with Crippen LogP contribution in [0.15, 0.2) is 48.5 Å². The molecule has 0 saturated heterocycles. The molecule has 2 rings (SSSR count). The van der Waals surface area contributed by atoms with Crippen LogP contribution in [0.2, 0.25) is 0 Å². The lowest BCUT2D eigenvalue weighted by atomic mass is 10.2. The number of thiocarbonyl (C=S) groups is 1. The molecular formula is C16H12Cl3IN4O3S. The van der Waals surface area contributed by atoms with Crippen molar-refractivity contribution in [3.8, 4) is 0 Å². The average Bonchev–Trinajstić information content (AvgIpc) is 2.62. The largest absolute Gasteiger partial charge is 0.339 e. The number of carbonyl (C=O) groups excluding carboxylic acids is 1. The Kier molecular flexibility index (Phi) is 8.07. The van der Waals surface area contributed by atoms with E-state index in [9.17, 15) is 14.9 Å². The van der Waals surface area contributed by atoms with Crippen LogP contribution in [0.3, 0.4) is 0 Å². The van der Waals surface area contributed by atoms with Crippen molar-refractivity contribution in [3.05, 3.63) is 67.8 Å². The summed E-state index contributed by atoms with van der Waals surface area (Å²) in [6.45, 7) is 0.